The summed E-state index contributed by atoms with van der Waals surface area (Å²) in [5.74, 6) is -0.293. The first-order valence-electron chi connectivity index (χ1n) is 2.86. The molecule has 1 aromatic carbocycles. The minimum absolute atomic E-state index is 0.293. The molecule has 50 valence electrons. The highest BCUT2D eigenvalue weighted by atomic mass is 19.1. The first kappa shape index (κ1) is 5.41. The third-order valence-electron chi connectivity index (χ3n) is 1.35. The van der Waals surface area contributed by atoms with E-state index in [1.54, 1.807) is 12.1 Å². The predicted octanol–water partition coefficient (Wildman–Crippen LogP) is 1.97. The molecule has 0 atom stereocenters. The number of fused-ring (bicyclic) bond motifs is 1. The van der Waals surface area contributed by atoms with Gasteiger partial charge in [0, 0.05) is 0 Å². The number of halogens is 1. The highest BCUT2D eigenvalue weighted by Gasteiger charge is 2.00. The van der Waals surface area contributed by atoms with Crippen LogP contribution in [0.15, 0.2) is 29.0 Å². The molecule has 0 amide bonds. The van der Waals surface area contributed by atoms with Crippen molar-refractivity contribution >= 4 is 10.9 Å². The Labute approximate surface area is 56.2 Å². The van der Waals surface area contributed by atoms with Crippen LogP contribution in [0.5, 0.6) is 0 Å². The van der Waals surface area contributed by atoms with Crippen molar-refractivity contribution in [1.82, 2.24) is 5.16 Å². The second-order valence-corrected chi connectivity index (χ2v) is 1.99. The van der Waals surface area contributed by atoms with Gasteiger partial charge >= 0.3 is 0 Å². The van der Waals surface area contributed by atoms with Gasteiger partial charge in [0.2, 0.25) is 0 Å². The number of hydrogen-bond acceptors (Lipinski definition) is 2. The highest BCUT2D eigenvalue weighted by Crippen LogP contribution is 2.14. The van der Waals surface area contributed by atoms with Crippen LogP contribution in [0.4, 0.5) is 4.39 Å². The van der Waals surface area contributed by atoms with Crippen LogP contribution >= 0.6 is 0 Å². The first-order chi connectivity index (χ1) is 4.88. The molecule has 1 aromatic heterocycles. The van der Waals surface area contributed by atoms with Gasteiger partial charge in [0.25, 0.3) is 0 Å². The van der Waals surface area contributed by atoms with Crippen LogP contribution in [-0.4, -0.2) is 5.16 Å². The second-order valence-electron chi connectivity index (χ2n) is 1.99. The van der Waals surface area contributed by atoms with Crippen molar-refractivity contribution in [2.24, 2.45) is 0 Å². The lowest BCUT2D eigenvalue weighted by Gasteiger charge is -1.84. The van der Waals surface area contributed by atoms with Crippen molar-refractivity contribution < 1.29 is 8.91 Å². The number of rotatable bonds is 0. The highest BCUT2D eigenvalue weighted by molar-refractivity contribution is 5.77. The average Bonchev–Trinajstić information content (AvgIpc) is 2.36. The van der Waals surface area contributed by atoms with Gasteiger partial charge in [0.1, 0.15) is 17.6 Å². The number of benzene rings is 1. The zero-order valence-electron chi connectivity index (χ0n) is 5.04. The molecule has 1 heterocycles. The van der Waals surface area contributed by atoms with E-state index in [4.69, 9.17) is 0 Å². The second kappa shape index (κ2) is 1.80. The molecule has 0 saturated heterocycles. The summed E-state index contributed by atoms with van der Waals surface area (Å²) in [6.45, 7) is 0. The maximum absolute atomic E-state index is 12.7. The predicted molar refractivity (Wildman–Crippen MR) is 34.0 cm³/mol. The lowest BCUT2D eigenvalue weighted by Crippen LogP contribution is -1.72. The third kappa shape index (κ3) is 0.603. The van der Waals surface area contributed by atoms with Crippen molar-refractivity contribution in [2.75, 3.05) is 0 Å². The van der Waals surface area contributed by atoms with Crippen LogP contribution in [0, 0.1) is 5.82 Å². The van der Waals surface area contributed by atoms with Gasteiger partial charge in [-0.1, -0.05) is 11.2 Å². The Balaban J connectivity index is 2.95. The maximum atomic E-state index is 12.7. The normalized spacial score (nSPS) is 10.5. The summed E-state index contributed by atoms with van der Waals surface area (Å²) >= 11 is 0. The Kier molecular flexibility index (Phi) is 0.974. The lowest BCUT2D eigenvalue weighted by molar-refractivity contribution is 0.428. The van der Waals surface area contributed by atoms with Crippen LogP contribution in [0.1, 0.15) is 0 Å². The molecular weight excluding hydrogens is 133 g/mol. The summed E-state index contributed by atoms with van der Waals surface area (Å²) in [5.41, 5.74) is 0.556. The molecule has 2 rings (SSSR count). The van der Waals surface area contributed by atoms with E-state index in [9.17, 15) is 4.39 Å². The van der Waals surface area contributed by atoms with Gasteiger partial charge in [0.05, 0.1) is 5.39 Å². The van der Waals surface area contributed by atoms with E-state index in [0.29, 0.717) is 10.9 Å². The van der Waals surface area contributed by atoms with Gasteiger partial charge in [-0.15, -0.1) is 0 Å². The van der Waals surface area contributed by atoms with E-state index in [0.717, 1.165) is 0 Å². The van der Waals surface area contributed by atoms with Gasteiger partial charge in [-0.05, 0) is 12.1 Å². The number of hydrogen-bond donors (Lipinski definition) is 0. The monoisotopic (exact) mass is 137 g/mol. The van der Waals surface area contributed by atoms with Crippen molar-refractivity contribution in [3.8, 4) is 0 Å². The minimum atomic E-state index is -0.293. The molecule has 2 nitrogen and oxygen atoms in total. The molecule has 0 aliphatic carbocycles. The van der Waals surface area contributed by atoms with E-state index >= 15 is 0 Å². The molecule has 0 saturated carbocycles. The van der Waals surface area contributed by atoms with Gasteiger partial charge in [0.15, 0.2) is 0 Å². The standard InChI is InChI=1S/C7H4FNO/c8-6-2-1-3-7-5(6)4-10-9-7/h1-4H. The Morgan fingerprint density at radius 3 is 3.10 bits per heavy atom. The van der Waals surface area contributed by atoms with E-state index in [1.165, 1.54) is 12.3 Å². The molecule has 10 heavy (non-hydrogen) atoms. The van der Waals surface area contributed by atoms with Crippen LogP contribution in [0.2, 0.25) is 0 Å². The molecule has 0 spiro atoms. The average molecular weight is 137 g/mol. The summed E-state index contributed by atoms with van der Waals surface area (Å²) in [6.07, 6.45) is 1.30. The fraction of sp³-hybridized carbons (Fsp3) is 0. The van der Waals surface area contributed by atoms with E-state index < -0.39 is 0 Å². The molecule has 0 N–H and O–H groups in total. The van der Waals surface area contributed by atoms with Crippen molar-refractivity contribution in [3.63, 3.8) is 0 Å². The fourth-order valence-electron chi connectivity index (χ4n) is 0.858. The van der Waals surface area contributed by atoms with Crippen LogP contribution < -0.4 is 0 Å². The van der Waals surface area contributed by atoms with E-state index in [2.05, 4.69) is 9.68 Å². The van der Waals surface area contributed by atoms with Gasteiger partial charge in [-0.25, -0.2) is 4.39 Å². The molecule has 0 aliphatic rings. The molecule has 0 radical (unpaired) electrons. The Morgan fingerprint density at radius 1 is 1.40 bits per heavy atom. The molecule has 2 aromatic rings. The summed E-state index contributed by atoms with van der Waals surface area (Å²) < 4.78 is 17.3. The van der Waals surface area contributed by atoms with E-state index in [1.807, 2.05) is 0 Å². The molecular formula is C7H4FNO. The van der Waals surface area contributed by atoms with Gasteiger partial charge in [-0.2, -0.15) is 0 Å². The van der Waals surface area contributed by atoms with Crippen molar-refractivity contribution in [1.29, 1.82) is 0 Å². The Hall–Kier alpha value is -1.38. The number of aromatic nitrogens is 1. The SMILES string of the molecule is Fc1cccc2nocc12. The molecule has 3 heteroatoms. The first-order valence-corrected chi connectivity index (χ1v) is 2.86. The maximum Gasteiger partial charge on any atom is 0.135 e. The fourth-order valence-corrected chi connectivity index (χ4v) is 0.858. The third-order valence-corrected chi connectivity index (χ3v) is 1.35. The minimum Gasteiger partial charge on any atom is -0.363 e. The Bertz CT molecular complexity index is 355. The van der Waals surface area contributed by atoms with Crippen LogP contribution in [-0.2, 0) is 0 Å². The quantitative estimate of drug-likeness (QED) is 0.554. The molecule has 0 fully saturated rings. The van der Waals surface area contributed by atoms with Crippen molar-refractivity contribution in [3.05, 3.63) is 30.3 Å². The lowest BCUT2D eigenvalue weighted by atomic mass is 10.2. The molecule has 0 unspecified atom stereocenters. The molecule has 0 aliphatic heterocycles. The zero-order valence-corrected chi connectivity index (χ0v) is 5.04. The summed E-state index contributed by atoms with van der Waals surface area (Å²) in [7, 11) is 0. The summed E-state index contributed by atoms with van der Waals surface area (Å²) in [5, 5.41) is 4.00. The van der Waals surface area contributed by atoms with E-state index in [-0.39, 0.29) is 5.82 Å². The topological polar surface area (TPSA) is 26.0 Å². The summed E-state index contributed by atoms with van der Waals surface area (Å²) in [6, 6.07) is 4.67. The smallest absolute Gasteiger partial charge is 0.135 e. The van der Waals surface area contributed by atoms with Crippen molar-refractivity contribution in [2.45, 2.75) is 0 Å². The summed E-state index contributed by atoms with van der Waals surface area (Å²) in [4.78, 5) is 0. The number of nitrogens with zero attached hydrogens (tertiary/aromatic N) is 1. The zero-order chi connectivity index (χ0) is 6.97. The molecule has 0 bridgehead atoms. The Morgan fingerprint density at radius 2 is 2.30 bits per heavy atom. The van der Waals surface area contributed by atoms with Crippen LogP contribution in [0.3, 0.4) is 0 Å². The largest absolute Gasteiger partial charge is 0.363 e. The van der Waals surface area contributed by atoms with Gasteiger partial charge < -0.3 is 4.52 Å². The van der Waals surface area contributed by atoms with Gasteiger partial charge in [-0.3, -0.25) is 0 Å². The van der Waals surface area contributed by atoms with Crippen LogP contribution in [0.25, 0.3) is 10.9 Å².